The molecule has 59 heavy (non-hydrogen) atoms. The Hall–Kier alpha value is -6.09. The number of methoxy groups -OCH3 is 2. The Labute approximate surface area is 342 Å². The Morgan fingerprint density at radius 1 is 0.847 bits per heavy atom. The van der Waals surface area contributed by atoms with Crippen molar-refractivity contribution in [3.05, 3.63) is 82.0 Å². The van der Waals surface area contributed by atoms with Crippen molar-refractivity contribution >= 4 is 46.0 Å². The number of nitrogens with zero attached hydrogens (tertiary/aromatic N) is 5. The lowest BCUT2D eigenvalue weighted by Gasteiger charge is -2.38. The van der Waals surface area contributed by atoms with Crippen LogP contribution >= 0.6 is 0 Å². The molecule has 3 aliphatic heterocycles. The van der Waals surface area contributed by atoms with Gasteiger partial charge in [0.2, 0.25) is 11.8 Å². The predicted octanol–water partition coefficient (Wildman–Crippen LogP) is 4.36. The summed E-state index contributed by atoms with van der Waals surface area (Å²) in [5, 5.41) is 7.75. The quantitative estimate of drug-likeness (QED) is 0.115. The summed E-state index contributed by atoms with van der Waals surface area (Å²) in [6.45, 7) is 3.11. The van der Waals surface area contributed by atoms with E-state index in [9.17, 15) is 28.8 Å². The number of aromatic nitrogens is 2. The molecule has 2 aromatic carbocycles. The first kappa shape index (κ1) is 41.1. The van der Waals surface area contributed by atoms with E-state index in [2.05, 4.69) is 20.5 Å². The number of unbranched alkanes of at least 4 members (excludes halogenated alkanes) is 5. The highest BCUT2D eigenvalue weighted by Crippen LogP contribution is 2.39. The Bertz CT molecular complexity index is 2330. The first-order chi connectivity index (χ1) is 28.5. The van der Waals surface area contributed by atoms with Crippen LogP contribution in [0, 0.1) is 5.92 Å². The van der Waals surface area contributed by atoms with Gasteiger partial charge in [-0.15, -0.1) is 0 Å². The lowest BCUT2D eigenvalue weighted by atomic mass is 9.96. The SMILES string of the molecule is COc1cc(-c2cn(C)c(=O)c3cnccc23)cc(OC)c1CN1CC(C(=O)NCCCCCCCCNc2cccc3c2C(=O)N(C2CCC(=O)N(C)C2=O)C3=O)C1. The molecule has 0 bridgehead atoms. The van der Waals surface area contributed by atoms with E-state index >= 15 is 0 Å². The second-order valence-corrected chi connectivity index (χ2v) is 15.5. The minimum Gasteiger partial charge on any atom is -0.496 e. The molecule has 0 aliphatic carbocycles. The largest absolute Gasteiger partial charge is 0.496 e. The van der Waals surface area contributed by atoms with Crippen molar-refractivity contribution in [2.75, 3.05) is 52.8 Å². The number of anilines is 1. The summed E-state index contributed by atoms with van der Waals surface area (Å²) in [7, 11) is 6.36. The molecule has 0 saturated carbocycles. The molecule has 5 heterocycles. The zero-order chi connectivity index (χ0) is 41.8. The fourth-order valence-corrected chi connectivity index (χ4v) is 8.33. The van der Waals surface area contributed by atoms with Crippen molar-refractivity contribution in [2.24, 2.45) is 13.0 Å². The third-order valence-corrected chi connectivity index (χ3v) is 11.7. The van der Waals surface area contributed by atoms with Gasteiger partial charge < -0.3 is 24.7 Å². The standard InChI is InChI=1S/C44H51N7O8/c1-48-25-32(29-16-19-45-22-31(29)41(48)54)27-20-36(58-3)33(37(21-27)59-4)26-50-23-28(24-50)40(53)47-18-10-8-6-5-7-9-17-46-34-13-11-12-30-39(34)44(57)51(42(30)55)35-14-15-38(52)49(2)43(35)56/h11-13,16,19-22,25,28,35,46H,5-10,14-15,17-18,23-24,26H2,1-4H3,(H,47,53). The first-order valence-electron chi connectivity index (χ1n) is 20.3. The van der Waals surface area contributed by atoms with E-state index in [1.54, 1.807) is 56.4 Å². The number of imide groups is 2. The monoisotopic (exact) mass is 805 g/mol. The molecule has 0 spiro atoms. The highest BCUT2D eigenvalue weighted by Gasteiger charge is 2.47. The summed E-state index contributed by atoms with van der Waals surface area (Å²) in [5.41, 5.74) is 3.62. The summed E-state index contributed by atoms with van der Waals surface area (Å²) in [6, 6.07) is 9.88. The van der Waals surface area contributed by atoms with Gasteiger partial charge in [-0.1, -0.05) is 31.7 Å². The number of piperidine rings is 1. The van der Waals surface area contributed by atoms with Crippen LogP contribution in [0.3, 0.4) is 0 Å². The van der Waals surface area contributed by atoms with Crippen LogP contribution in [0.25, 0.3) is 21.9 Å². The molecule has 15 nitrogen and oxygen atoms in total. The summed E-state index contributed by atoms with van der Waals surface area (Å²) in [5.74, 6) is -0.531. The third kappa shape index (κ3) is 8.29. The molecule has 5 amide bonds. The average molecular weight is 806 g/mol. The highest BCUT2D eigenvalue weighted by atomic mass is 16.5. The van der Waals surface area contributed by atoms with Crippen LogP contribution in [-0.2, 0) is 28.0 Å². The van der Waals surface area contributed by atoms with Crippen LogP contribution < -0.4 is 25.7 Å². The minimum absolute atomic E-state index is 0.0705. The molecule has 2 fully saturated rings. The van der Waals surface area contributed by atoms with Crippen molar-refractivity contribution in [1.29, 1.82) is 0 Å². The van der Waals surface area contributed by atoms with E-state index in [0.29, 0.717) is 55.3 Å². The number of hydrogen-bond donors (Lipinski definition) is 2. The number of likely N-dealkylation sites (N-methyl/N-ethyl adjacent to an activating group) is 1. The maximum Gasteiger partial charge on any atom is 0.264 e. The van der Waals surface area contributed by atoms with Gasteiger partial charge in [0.25, 0.3) is 23.3 Å². The van der Waals surface area contributed by atoms with Crippen molar-refractivity contribution < 1.29 is 33.4 Å². The Kier molecular flexibility index (Phi) is 12.4. The molecule has 1 atom stereocenters. The van der Waals surface area contributed by atoms with Crippen LogP contribution in [0.15, 0.2) is 59.8 Å². The molecule has 0 radical (unpaired) electrons. The second kappa shape index (κ2) is 17.8. The highest BCUT2D eigenvalue weighted by molar-refractivity contribution is 6.25. The number of aryl methyl sites for hydroxylation is 1. The molecule has 15 heteroatoms. The van der Waals surface area contributed by atoms with Gasteiger partial charge in [-0.3, -0.25) is 48.5 Å². The molecule has 2 saturated heterocycles. The maximum atomic E-state index is 13.4. The normalized spacial score (nSPS) is 17.1. The van der Waals surface area contributed by atoms with Gasteiger partial charge in [-0.25, -0.2) is 0 Å². The minimum atomic E-state index is -0.978. The number of amides is 5. The van der Waals surface area contributed by atoms with Crippen molar-refractivity contribution in [3.8, 4) is 22.6 Å². The van der Waals surface area contributed by atoms with Gasteiger partial charge in [-0.2, -0.15) is 0 Å². The number of carbonyl (C=O) groups is 5. The third-order valence-electron chi connectivity index (χ3n) is 11.7. The number of rotatable bonds is 17. The van der Waals surface area contributed by atoms with Gasteiger partial charge in [0.05, 0.1) is 42.2 Å². The lowest BCUT2D eigenvalue weighted by Crippen LogP contribution is -2.54. The molecule has 310 valence electrons. The maximum absolute atomic E-state index is 13.4. The zero-order valence-electron chi connectivity index (χ0n) is 34.0. The average Bonchev–Trinajstić information content (AvgIpc) is 3.48. The number of carbonyl (C=O) groups excluding carboxylic acids is 5. The van der Waals surface area contributed by atoms with E-state index in [1.807, 2.05) is 24.4 Å². The van der Waals surface area contributed by atoms with Crippen LogP contribution in [0.4, 0.5) is 5.69 Å². The number of nitrogens with one attached hydrogen (secondary N) is 2. The van der Waals surface area contributed by atoms with Gasteiger partial charge in [0.15, 0.2) is 0 Å². The lowest BCUT2D eigenvalue weighted by molar-refractivity contribution is -0.149. The molecule has 2 N–H and O–H groups in total. The topological polar surface area (TPSA) is 172 Å². The molecule has 1 unspecified atom stereocenters. The van der Waals surface area contributed by atoms with Crippen molar-refractivity contribution in [1.82, 2.24) is 29.6 Å². The molecule has 7 rings (SSSR count). The fourth-order valence-electron chi connectivity index (χ4n) is 8.33. The van der Waals surface area contributed by atoms with Crippen molar-refractivity contribution in [2.45, 2.75) is 64.0 Å². The van der Waals surface area contributed by atoms with E-state index in [0.717, 1.165) is 70.4 Å². The number of benzene rings is 2. The summed E-state index contributed by atoms with van der Waals surface area (Å²) < 4.78 is 13.2. The second-order valence-electron chi connectivity index (χ2n) is 15.5. The number of ether oxygens (including phenoxy) is 2. The van der Waals surface area contributed by atoms with Crippen LogP contribution in [0.1, 0.15) is 77.6 Å². The summed E-state index contributed by atoms with van der Waals surface area (Å²) >= 11 is 0. The number of hydrogen-bond acceptors (Lipinski definition) is 11. The van der Waals surface area contributed by atoms with Gasteiger partial charge >= 0.3 is 0 Å². The van der Waals surface area contributed by atoms with Crippen LogP contribution in [0.2, 0.25) is 0 Å². The van der Waals surface area contributed by atoms with E-state index in [4.69, 9.17) is 9.47 Å². The first-order valence-corrected chi connectivity index (χ1v) is 20.3. The van der Waals surface area contributed by atoms with Gasteiger partial charge in [0, 0.05) is 83.1 Å². The molecule has 2 aromatic heterocycles. The fraction of sp³-hybridized carbons (Fsp3) is 0.432. The Morgan fingerprint density at radius 2 is 1.54 bits per heavy atom. The van der Waals surface area contributed by atoms with E-state index in [1.165, 1.54) is 7.05 Å². The molecule has 3 aliphatic rings. The van der Waals surface area contributed by atoms with Gasteiger partial charge in [-0.05, 0) is 60.5 Å². The van der Waals surface area contributed by atoms with E-state index in [-0.39, 0.29) is 47.3 Å². The Morgan fingerprint density at radius 3 is 2.25 bits per heavy atom. The smallest absolute Gasteiger partial charge is 0.264 e. The molecule has 4 aromatic rings. The molecular weight excluding hydrogens is 755 g/mol. The number of pyridine rings is 2. The zero-order valence-corrected chi connectivity index (χ0v) is 34.0. The van der Waals surface area contributed by atoms with Gasteiger partial charge in [0.1, 0.15) is 17.5 Å². The van der Waals surface area contributed by atoms with E-state index < -0.39 is 23.8 Å². The summed E-state index contributed by atoms with van der Waals surface area (Å²) in [6.07, 6.45) is 11.2. The molecular formula is C44H51N7O8. The van der Waals surface area contributed by atoms with Crippen molar-refractivity contribution in [3.63, 3.8) is 0 Å². The summed E-state index contributed by atoms with van der Waals surface area (Å²) in [4.78, 5) is 85.3. The Balaban J connectivity index is 0.801. The number of fused-ring (bicyclic) bond motifs is 2. The predicted molar refractivity (Wildman–Crippen MR) is 221 cm³/mol. The number of likely N-dealkylation sites (tertiary alicyclic amines) is 2. The van der Waals surface area contributed by atoms with Crippen LogP contribution in [0.5, 0.6) is 11.5 Å². The van der Waals surface area contributed by atoms with Crippen LogP contribution in [-0.4, -0.2) is 107 Å².